The second-order valence-corrected chi connectivity index (χ2v) is 28.1. The van der Waals surface area contributed by atoms with Gasteiger partial charge in [-0.05, 0) is 139 Å². The van der Waals surface area contributed by atoms with E-state index in [0.717, 1.165) is 55.4 Å². The summed E-state index contributed by atoms with van der Waals surface area (Å²) in [5.74, 6) is 0.677. The summed E-state index contributed by atoms with van der Waals surface area (Å²) in [6.07, 6.45) is 0. The van der Waals surface area contributed by atoms with E-state index in [0.29, 0.717) is 5.95 Å². The zero-order chi connectivity index (χ0) is 65.3. The molecule has 4 aromatic heterocycles. The van der Waals surface area contributed by atoms with Crippen LogP contribution >= 0.6 is 35.1 Å². The molecule has 2 aliphatic carbocycles. The molecule has 100 heavy (non-hydrogen) atoms. The summed E-state index contributed by atoms with van der Waals surface area (Å²) in [7, 11) is 0. The third-order valence-electron chi connectivity index (χ3n) is 20.6. The highest BCUT2D eigenvalue weighted by Gasteiger charge is 2.52. The van der Waals surface area contributed by atoms with Crippen molar-refractivity contribution in [1.82, 2.24) is 29.5 Å². The highest BCUT2D eigenvalue weighted by atomic mass is 35.5. The molecule has 0 amide bonds. The number of rotatable bonds is 3. The summed E-state index contributed by atoms with van der Waals surface area (Å²) in [6.45, 7) is 0. The van der Waals surface area contributed by atoms with E-state index in [9.17, 15) is 0 Å². The largest absolute Gasteiger partial charge is 0.354 e. The summed E-state index contributed by atoms with van der Waals surface area (Å²) in [5, 5.41) is 7.32. The molecule has 0 atom stereocenters. The van der Waals surface area contributed by atoms with Crippen LogP contribution < -0.4 is 0 Å². The van der Waals surface area contributed by atoms with E-state index in [4.69, 9.17) is 21.6 Å². The number of H-pyrrole nitrogens is 1. The first-order chi connectivity index (χ1) is 49.0. The average molecular weight is 1340 g/mol. The van der Waals surface area contributed by atoms with Crippen LogP contribution in [0.4, 0.5) is 0 Å². The Morgan fingerprint density at radius 1 is 0.290 bits per heavy atom. The number of benzene rings is 14. The molecule has 14 aromatic carbocycles. The predicted molar refractivity (Wildman–Crippen MR) is 415 cm³/mol. The smallest absolute Gasteiger partial charge is 0.235 e. The molecular weight excluding hydrogens is 1280 g/mol. The summed E-state index contributed by atoms with van der Waals surface area (Å²) in [6, 6.07) is 118. The molecule has 6 heterocycles. The van der Waals surface area contributed by atoms with Gasteiger partial charge in [0.25, 0.3) is 0 Å². The lowest BCUT2D eigenvalue weighted by Gasteiger charge is -2.39. The van der Waals surface area contributed by atoms with Gasteiger partial charge in [0.1, 0.15) is 0 Å². The van der Waals surface area contributed by atoms with Crippen LogP contribution in [0.2, 0.25) is 5.28 Å². The maximum Gasteiger partial charge on any atom is 0.235 e. The quantitative estimate of drug-likeness (QED) is 0.178. The van der Waals surface area contributed by atoms with Crippen molar-refractivity contribution >= 4 is 101 Å². The Morgan fingerprint density at radius 2 is 0.700 bits per heavy atom. The number of nitrogens with zero attached hydrogens (tertiary/aromatic N) is 5. The number of fused-ring (bicyclic) bond motifs is 26. The van der Waals surface area contributed by atoms with Crippen LogP contribution in [0.1, 0.15) is 51.9 Å². The number of aromatic amines is 1. The van der Waals surface area contributed by atoms with Crippen molar-refractivity contribution in [3.63, 3.8) is 0 Å². The molecule has 0 fully saturated rings. The lowest BCUT2D eigenvalue weighted by molar-refractivity contribution is 0.724. The summed E-state index contributed by atoms with van der Waals surface area (Å²) >= 11 is 9.72. The van der Waals surface area contributed by atoms with Gasteiger partial charge in [-0.3, -0.25) is 4.57 Å². The molecule has 472 valence electrons. The Morgan fingerprint density at radius 3 is 1.25 bits per heavy atom. The number of hydrogen-bond acceptors (Lipinski definition) is 6. The number of nitrogens with one attached hydrogen (secondary N) is 1. The van der Waals surface area contributed by atoms with E-state index in [1.165, 1.54) is 119 Å². The van der Waals surface area contributed by atoms with E-state index in [-0.39, 0.29) is 18.1 Å². The lowest BCUT2D eigenvalue weighted by atomic mass is 9.67. The average Bonchev–Trinajstić information content (AvgIpc) is 1.48. The lowest BCUT2D eigenvalue weighted by Crippen LogP contribution is -2.32. The Kier molecular flexibility index (Phi) is 14.0. The van der Waals surface area contributed by atoms with Gasteiger partial charge in [0.2, 0.25) is 11.2 Å². The monoisotopic (exact) mass is 1330 g/mol. The zero-order valence-electron chi connectivity index (χ0n) is 53.1. The standard InChI is InChI=1S/C45H27N3S.C31H19NS.C14H9ClN2.CH4/c1-2-14-28(15-3-1)43-32-19-6-11-23-38(32)46-44(47-43)48-39-24-12-7-18-31(39)33-26-37-42(27-40(33)48)49-41-25-13-10-22-36(41)45(37)34-20-8-4-16-29(34)30-17-5-9-21-35(30)45;1-4-12-23-19(9-1)20-10-2-5-13-24(20)31(23)25-14-6-8-16-29(25)33-30-18-28-22(17-26(30)31)21-11-3-7-15-27(21)32-28;15-14-16-12-9-5-4-8-11(12)13(17-14)10-6-2-1-3-7-10;/h1-27H;1-18,32H;1-9H;1H4. The second kappa shape index (κ2) is 23.5. The fourth-order valence-corrected chi connectivity index (χ4v) is 19.2. The number of aromatic nitrogens is 6. The summed E-state index contributed by atoms with van der Waals surface area (Å²) in [5.41, 5.74) is 25.8. The first-order valence-corrected chi connectivity index (χ1v) is 35.4. The second-order valence-electron chi connectivity index (χ2n) is 25.6. The van der Waals surface area contributed by atoms with Gasteiger partial charge in [0.15, 0.2) is 0 Å². The molecule has 9 heteroatoms. The fraction of sp³-hybridized carbons (Fsp3) is 0.0330. The predicted octanol–water partition coefficient (Wildman–Crippen LogP) is 24.0. The number of para-hydroxylation sites is 4. The third-order valence-corrected chi connectivity index (χ3v) is 23.0. The van der Waals surface area contributed by atoms with Gasteiger partial charge < -0.3 is 4.98 Å². The van der Waals surface area contributed by atoms with Crippen LogP contribution in [0, 0.1) is 0 Å². The molecule has 2 spiro atoms. The van der Waals surface area contributed by atoms with Crippen molar-refractivity contribution in [1.29, 1.82) is 0 Å². The summed E-state index contributed by atoms with van der Waals surface area (Å²) in [4.78, 5) is 28.0. The van der Waals surface area contributed by atoms with Gasteiger partial charge in [-0.15, -0.1) is 0 Å². The third kappa shape index (κ3) is 8.87. The molecule has 0 unspecified atom stereocenters. The van der Waals surface area contributed by atoms with Crippen molar-refractivity contribution in [3.05, 3.63) is 377 Å². The van der Waals surface area contributed by atoms with Crippen LogP contribution in [0.25, 0.3) is 116 Å². The molecule has 0 radical (unpaired) electrons. The molecule has 4 aliphatic rings. The first kappa shape index (κ1) is 59.6. The van der Waals surface area contributed by atoms with Crippen molar-refractivity contribution in [3.8, 4) is 50.7 Å². The van der Waals surface area contributed by atoms with Crippen molar-refractivity contribution in [2.24, 2.45) is 0 Å². The van der Waals surface area contributed by atoms with E-state index >= 15 is 0 Å². The Bertz CT molecular complexity index is 6270. The Balaban J connectivity index is 0.000000117. The normalized spacial score (nSPS) is 13.4. The van der Waals surface area contributed by atoms with E-state index in [1.54, 1.807) is 0 Å². The molecule has 22 rings (SSSR count). The van der Waals surface area contributed by atoms with Crippen LogP contribution in [0.3, 0.4) is 0 Å². The minimum atomic E-state index is -0.429. The summed E-state index contributed by atoms with van der Waals surface area (Å²) < 4.78 is 2.27. The van der Waals surface area contributed by atoms with Crippen molar-refractivity contribution in [2.75, 3.05) is 0 Å². The molecule has 6 nitrogen and oxygen atoms in total. The van der Waals surface area contributed by atoms with Crippen molar-refractivity contribution < 1.29 is 0 Å². The van der Waals surface area contributed by atoms with Crippen LogP contribution in [0.5, 0.6) is 0 Å². The molecule has 0 saturated heterocycles. The van der Waals surface area contributed by atoms with Crippen LogP contribution in [-0.2, 0) is 10.8 Å². The minimum absolute atomic E-state index is 0. The van der Waals surface area contributed by atoms with Gasteiger partial charge in [-0.1, -0.05) is 298 Å². The van der Waals surface area contributed by atoms with Gasteiger partial charge in [-0.25, -0.2) is 19.9 Å². The Hall–Kier alpha value is -11.7. The van der Waals surface area contributed by atoms with Gasteiger partial charge >= 0.3 is 0 Å². The van der Waals surface area contributed by atoms with E-state index in [2.05, 4.69) is 286 Å². The number of halogens is 1. The molecule has 0 saturated carbocycles. The van der Waals surface area contributed by atoms with Crippen LogP contribution in [-0.4, -0.2) is 29.5 Å². The number of hydrogen-bond donors (Lipinski definition) is 1. The van der Waals surface area contributed by atoms with Crippen LogP contribution in [0.15, 0.2) is 347 Å². The maximum absolute atomic E-state index is 5.95. The molecular formula is C91H59ClN6S2. The topological polar surface area (TPSA) is 72.3 Å². The van der Waals surface area contributed by atoms with E-state index < -0.39 is 5.41 Å². The van der Waals surface area contributed by atoms with Gasteiger partial charge in [-0.2, -0.15) is 0 Å². The molecule has 18 aromatic rings. The van der Waals surface area contributed by atoms with Crippen molar-refractivity contribution in [2.45, 2.75) is 37.8 Å². The first-order valence-electron chi connectivity index (χ1n) is 33.4. The van der Waals surface area contributed by atoms with Gasteiger partial charge in [0, 0.05) is 74.1 Å². The maximum atomic E-state index is 5.95. The zero-order valence-corrected chi connectivity index (χ0v) is 55.5. The molecule has 0 bridgehead atoms. The van der Waals surface area contributed by atoms with E-state index in [1.807, 2.05) is 84.2 Å². The van der Waals surface area contributed by atoms with Gasteiger partial charge in [0.05, 0.1) is 44.3 Å². The SMILES string of the molecule is C.Clc1nc(-c2ccccc2)c2ccccc2n1.c1ccc(-c2nc(-n3c4ccccc4c4cc5c(cc43)Sc3ccccc3C53c4ccccc4-c4ccccc43)nc3ccccc23)cc1.c1ccc2c(c1)Sc1cc3[nH]c4ccccc4c3cc1C21c2ccccc2-c2ccccc21. The highest BCUT2D eigenvalue weighted by molar-refractivity contribution is 7.99. The highest BCUT2D eigenvalue weighted by Crippen LogP contribution is 2.65. The minimum Gasteiger partial charge on any atom is -0.354 e. The fourth-order valence-electron chi connectivity index (χ4n) is 16.6. The molecule has 2 aliphatic heterocycles. The molecule has 1 N–H and O–H groups in total. The Labute approximate surface area is 591 Å².